The zero-order chi connectivity index (χ0) is 13.5. The quantitative estimate of drug-likeness (QED) is 0.590. The van der Waals surface area contributed by atoms with Crippen LogP contribution in [-0.2, 0) is 0 Å². The van der Waals surface area contributed by atoms with Gasteiger partial charge >= 0.3 is 0 Å². The molecule has 1 amide bonds. The third kappa shape index (κ3) is 4.14. The predicted molar refractivity (Wildman–Crippen MR) is 66.3 cm³/mol. The molecule has 0 heterocycles. The first-order chi connectivity index (χ1) is 8.54. The molecular weight excluding hydrogens is 236 g/mol. The molecule has 1 aromatic rings. The summed E-state index contributed by atoms with van der Waals surface area (Å²) in [5, 5.41) is 22.0. The Kier molecular flexibility index (Phi) is 5.26. The molecule has 18 heavy (non-hydrogen) atoms. The van der Waals surface area contributed by atoms with Crippen LogP contribution in [0.4, 0.5) is 5.69 Å². The van der Waals surface area contributed by atoms with Gasteiger partial charge in [0.2, 0.25) is 0 Å². The number of nitro groups is 1. The lowest BCUT2D eigenvalue weighted by atomic mass is 10.1. The van der Waals surface area contributed by atoms with E-state index in [-0.39, 0.29) is 29.7 Å². The monoisotopic (exact) mass is 252 g/mol. The van der Waals surface area contributed by atoms with Crippen molar-refractivity contribution in [2.24, 2.45) is 5.92 Å². The zero-order valence-corrected chi connectivity index (χ0v) is 10.1. The molecule has 0 aliphatic rings. The number of carbonyl (C=O) groups is 1. The molecule has 1 atom stereocenters. The molecule has 98 valence electrons. The SMILES string of the molecule is CC(CCO)CNC(=O)c1cccc([N+](=O)[O-])c1. The van der Waals surface area contributed by atoms with Crippen molar-refractivity contribution in [1.29, 1.82) is 0 Å². The summed E-state index contributed by atoms with van der Waals surface area (Å²) in [5.74, 6) is -0.180. The van der Waals surface area contributed by atoms with Crippen LogP contribution in [0.5, 0.6) is 0 Å². The van der Waals surface area contributed by atoms with Gasteiger partial charge in [-0.25, -0.2) is 0 Å². The topological polar surface area (TPSA) is 92.5 Å². The van der Waals surface area contributed by atoms with Crippen molar-refractivity contribution >= 4 is 11.6 Å². The fourth-order valence-corrected chi connectivity index (χ4v) is 1.45. The smallest absolute Gasteiger partial charge is 0.270 e. The summed E-state index contributed by atoms with van der Waals surface area (Å²) in [4.78, 5) is 21.8. The second kappa shape index (κ2) is 6.70. The number of amides is 1. The maximum atomic E-state index is 11.7. The number of nitro benzene ring substituents is 1. The molecule has 0 radical (unpaired) electrons. The van der Waals surface area contributed by atoms with Gasteiger partial charge in [0, 0.05) is 30.8 Å². The highest BCUT2D eigenvalue weighted by atomic mass is 16.6. The molecule has 6 heteroatoms. The van der Waals surface area contributed by atoms with Crippen LogP contribution in [0.15, 0.2) is 24.3 Å². The minimum absolute atomic E-state index is 0.0772. The molecule has 0 aliphatic carbocycles. The van der Waals surface area contributed by atoms with Crippen molar-refractivity contribution in [1.82, 2.24) is 5.32 Å². The number of rotatable bonds is 6. The fourth-order valence-electron chi connectivity index (χ4n) is 1.45. The Bertz CT molecular complexity index is 434. The first-order valence-corrected chi connectivity index (χ1v) is 5.68. The molecule has 0 fully saturated rings. The van der Waals surface area contributed by atoms with Crippen LogP contribution in [0.1, 0.15) is 23.7 Å². The molecule has 1 aromatic carbocycles. The number of nitrogens with zero attached hydrogens (tertiary/aromatic N) is 1. The first-order valence-electron chi connectivity index (χ1n) is 5.68. The lowest BCUT2D eigenvalue weighted by Gasteiger charge is -2.10. The average molecular weight is 252 g/mol. The summed E-state index contributed by atoms with van der Waals surface area (Å²) < 4.78 is 0. The van der Waals surface area contributed by atoms with Crippen LogP contribution < -0.4 is 5.32 Å². The fraction of sp³-hybridized carbons (Fsp3) is 0.417. The van der Waals surface area contributed by atoms with E-state index < -0.39 is 4.92 Å². The van der Waals surface area contributed by atoms with E-state index in [0.29, 0.717) is 13.0 Å². The van der Waals surface area contributed by atoms with Gasteiger partial charge in [-0.2, -0.15) is 0 Å². The highest BCUT2D eigenvalue weighted by Crippen LogP contribution is 2.13. The van der Waals surface area contributed by atoms with E-state index >= 15 is 0 Å². The van der Waals surface area contributed by atoms with Gasteiger partial charge in [0.25, 0.3) is 11.6 Å². The van der Waals surface area contributed by atoms with E-state index in [1.54, 1.807) is 0 Å². The molecule has 0 saturated heterocycles. The van der Waals surface area contributed by atoms with E-state index in [4.69, 9.17) is 5.11 Å². The summed E-state index contributed by atoms with van der Waals surface area (Å²) in [7, 11) is 0. The summed E-state index contributed by atoms with van der Waals surface area (Å²) in [5.41, 5.74) is 0.159. The summed E-state index contributed by atoms with van der Waals surface area (Å²) in [6.07, 6.45) is 0.606. The molecule has 1 unspecified atom stereocenters. The van der Waals surface area contributed by atoms with Crippen LogP contribution in [0.3, 0.4) is 0 Å². The van der Waals surface area contributed by atoms with Crippen LogP contribution >= 0.6 is 0 Å². The largest absolute Gasteiger partial charge is 0.396 e. The lowest BCUT2D eigenvalue weighted by Crippen LogP contribution is -2.28. The predicted octanol–water partition coefficient (Wildman–Crippen LogP) is 1.34. The Hall–Kier alpha value is -1.95. The van der Waals surface area contributed by atoms with Crippen molar-refractivity contribution in [2.45, 2.75) is 13.3 Å². The minimum atomic E-state index is -0.537. The van der Waals surface area contributed by atoms with E-state index in [1.165, 1.54) is 24.3 Å². The summed E-state index contributed by atoms with van der Waals surface area (Å²) in [6.45, 7) is 2.42. The Morgan fingerprint density at radius 3 is 2.89 bits per heavy atom. The highest BCUT2D eigenvalue weighted by molar-refractivity contribution is 5.94. The maximum Gasteiger partial charge on any atom is 0.270 e. The van der Waals surface area contributed by atoms with E-state index in [0.717, 1.165) is 0 Å². The molecule has 0 aliphatic heterocycles. The van der Waals surface area contributed by atoms with Crippen molar-refractivity contribution in [3.63, 3.8) is 0 Å². The van der Waals surface area contributed by atoms with Crippen molar-refractivity contribution in [3.8, 4) is 0 Å². The van der Waals surface area contributed by atoms with Gasteiger partial charge in [-0.3, -0.25) is 14.9 Å². The standard InChI is InChI=1S/C12H16N2O4/c1-9(5-6-15)8-13-12(16)10-3-2-4-11(7-10)14(17)18/h2-4,7,9,15H,5-6,8H2,1H3,(H,13,16). The van der Waals surface area contributed by atoms with E-state index in [2.05, 4.69) is 5.32 Å². The lowest BCUT2D eigenvalue weighted by molar-refractivity contribution is -0.384. The Labute approximate surface area is 105 Å². The van der Waals surface area contributed by atoms with Gasteiger partial charge in [-0.1, -0.05) is 13.0 Å². The third-order valence-electron chi connectivity index (χ3n) is 2.55. The van der Waals surface area contributed by atoms with Crippen LogP contribution in [-0.4, -0.2) is 29.1 Å². The van der Waals surface area contributed by atoms with Crippen LogP contribution in [0.25, 0.3) is 0 Å². The van der Waals surface area contributed by atoms with Gasteiger partial charge in [0.05, 0.1) is 4.92 Å². The third-order valence-corrected chi connectivity index (χ3v) is 2.55. The molecule has 0 spiro atoms. The molecule has 2 N–H and O–H groups in total. The van der Waals surface area contributed by atoms with Crippen molar-refractivity contribution in [2.75, 3.05) is 13.2 Å². The Morgan fingerprint density at radius 1 is 1.56 bits per heavy atom. The van der Waals surface area contributed by atoms with Gasteiger partial charge in [-0.05, 0) is 18.4 Å². The number of aliphatic hydroxyl groups is 1. The molecular formula is C12H16N2O4. The van der Waals surface area contributed by atoms with Crippen molar-refractivity contribution < 1.29 is 14.8 Å². The van der Waals surface area contributed by atoms with Crippen LogP contribution in [0, 0.1) is 16.0 Å². The minimum Gasteiger partial charge on any atom is -0.396 e. The number of hydrogen-bond donors (Lipinski definition) is 2. The number of aliphatic hydroxyl groups excluding tert-OH is 1. The summed E-state index contributed by atoms with van der Waals surface area (Å²) in [6, 6.07) is 5.58. The second-order valence-electron chi connectivity index (χ2n) is 4.13. The molecule has 0 bridgehead atoms. The van der Waals surface area contributed by atoms with Gasteiger partial charge < -0.3 is 10.4 Å². The van der Waals surface area contributed by atoms with Gasteiger partial charge in [0.1, 0.15) is 0 Å². The van der Waals surface area contributed by atoms with E-state index in [9.17, 15) is 14.9 Å². The van der Waals surface area contributed by atoms with E-state index in [1.807, 2.05) is 6.92 Å². The first kappa shape index (κ1) is 14.1. The molecule has 1 rings (SSSR count). The normalized spacial score (nSPS) is 11.9. The average Bonchev–Trinajstić information content (AvgIpc) is 2.36. The maximum absolute atomic E-state index is 11.7. The number of hydrogen-bond acceptors (Lipinski definition) is 4. The number of carbonyl (C=O) groups excluding carboxylic acids is 1. The molecule has 0 aromatic heterocycles. The van der Waals surface area contributed by atoms with Gasteiger partial charge in [0.15, 0.2) is 0 Å². The van der Waals surface area contributed by atoms with Crippen molar-refractivity contribution in [3.05, 3.63) is 39.9 Å². The Balaban J connectivity index is 2.61. The number of benzene rings is 1. The summed E-state index contributed by atoms with van der Waals surface area (Å²) >= 11 is 0. The molecule has 0 saturated carbocycles. The zero-order valence-electron chi connectivity index (χ0n) is 10.1. The number of nitrogens with one attached hydrogen (secondary N) is 1. The highest BCUT2D eigenvalue weighted by Gasteiger charge is 2.11. The van der Waals surface area contributed by atoms with Gasteiger partial charge in [-0.15, -0.1) is 0 Å². The molecule has 6 nitrogen and oxygen atoms in total. The second-order valence-corrected chi connectivity index (χ2v) is 4.13. The number of non-ortho nitro benzene ring substituents is 1. The van der Waals surface area contributed by atoms with Crippen LogP contribution in [0.2, 0.25) is 0 Å². The Morgan fingerprint density at radius 2 is 2.28 bits per heavy atom.